The van der Waals surface area contributed by atoms with Crippen LogP contribution in [0, 0.1) is 0 Å². The van der Waals surface area contributed by atoms with Crippen LogP contribution in [0.3, 0.4) is 0 Å². The second-order valence-electron chi connectivity index (χ2n) is 4.11. The summed E-state index contributed by atoms with van der Waals surface area (Å²) < 4.78 is 0. The zero-order valence-electron chi connectivity index (χ0n) is 9.86. The number of rotatable bonds is 2. The molecule has 0 bridgehead atoms. The van der Waals surface area contributed by atoms with Crippen molar-refractivity contribution in [2.75, 3.05) is 41.7 Å². The number of hydrogen-bond acceptors (Lipinski definition) is 7. The van der Waals surface area contributed by atoms with Crippen molar-refractivity contribution in [3.8, 4) is 0 Å². The summed E-state index contributed by atoms with van der Waals surface area (Å²) in [6.07, 6.45) is 1.85. The van der Waals surface area contributed by atoms with Crippen LogP contribution in [-0.4, -0.2) is 41.4 Å². The Hall–Kier alpha value is -1.89. The molecule has 1 fully saturated rings. The average Bonchev–Trinajstić information content (AvgIpc) is 2.94. The van der Waals surface area contributed by atoms with E-state index in [9.17, 15) is 0 Å². The van der Waals surface area contributed by atoms with E-state index in [4.69, 9.17) is 5.73 Å². The van der Waals surface area contributed by atoms with Gasteiger partial charge in [0.15, 0.2) is 10.9 Å². The second kappa shape index (κ2) is 4.77. The van der Waals surface area contributed by atoms with Crippen molar-refractivity contribution in [1.82, 2.24) is 15.2 Å². The topological polar surface area (TPSA) is 71.2 Å². The summed E-state index contributed by atoms with van der Waals surface area (Å²) in [6, 6.07) is 3.71. The molecular formula is C11H14N6S. The van der Waals surface area contributed by atoms with Crippen molar-refractivity contribution in [3.05, 3.63) is 23.7 Å². The van der Waals surface area contributed by atoms with E-state index in [1.165, 1.54) is 0 Å². The van der Waals surface area contributed by atoms with Gasteiger partial charge in [-0.25, -0.2) is 4.98 Å². The summed E-state index contributed by atoms with van der Waals surface area (Å²) in [5, 5.41) is 11.1. The van der Waals surface area contributed by atoms with Gasteiger partial charge in [-0.3, -0.25) is 0 Å². The molecule has 0 atom stereocenters. The molecule has 3 heterocycles. The van der Waals surface area contributed by atoms with Crippen LogP contribution in [0.1, 0.15) is 0 Å². The highest BCUT2D eigenvalue weighted by molar-refractivity contribution is 7.13. The van der Waals surface area contributed by atoms with E-state index in [2.05, 4.69) is 25.0 Å². The summed E-state index contributed by atoms with van der Waals surface area (Å²) in [5.41, 5.74) is 5.54. The second-order valence-corrected chi connectivity index (χ2v) is 4.98. The van der Waals surface area contributed by atoms with Crippen molar-refractivity contribution in [3.63, 3.8) is 0 Å². The fourth-order valence-electron chi connectivity index (χ4n) is 2.00. The Kier molecular flexibility index (Phi) is 2.97. The van der Waals surface area contributed by atoms with Gasteiger partial charge in [-0.2, -0.15) is 0 Å². The SMILES string of the molecule is Nc1ccc(N2CCN(c3nccs3)CC2)nn1. The molecule has 0 aromatic carbocycles. The number of nitrogen functional groups attached to an aromatic ring is 1. The molecule has 3 rings (SSSR count). The first-order valence-electron chi connectivity index (χ1n) is 5.81. The van der Waals surface area contributed by atoms with Crippen LogP contribution in [0.25, 0.3) is 0 Å². The van der Waals surface area contributed by atoms with Gasteiger partial charge >= 0.3 is 0 Å². The lowest BCUT2D eigenvalue weighted by Gasteiger charge is -2.34. The molecule has 0 amide bonds. The van der Waals surface area contributed by atoms with Crippen LogP contribution in [-0.2, 0) is 0 Å². The minimum Gasteiger partial charge on any atom is -0.382 e. The smallest absolute Gasteiger partial charge is 0.185 e. The van der Waals surface area contributed by atoms with Gasteiger partial charge < -0.3 is 15.5 Å². The van der Waals surface area contributed by atoms with Gasteiger partial charge in [0, 0.05) is 37.8 Å². The number of nitrogens with two attached hydrogens (primary N) is 1. The molecule has 0 unspecified atom stereocenters. The standard InChI is InChI=1S/C11H14N6S/c12-9-1-2-10(15-14-9)16-4-6-17(7-5-16)11-13-3-8-18-11/h1-3,8H,4-7H2,(H2,12,14). The molecule has 94 valence electrons. The molecule has 1 aliphatic rings. The fourth-order valence-corrected chi connectivity index (χ4v) is 2.70. The molecule has 0 saturated carbocycles. The van der Waals surface area contributed by atoms with E-state index in [0.717, 1.165) is 37.1 Å². The predicted molar refractivity (Wildman–Crippen MR) is 73.0 cm³/mol. The zero-order chi connectivity index (χ0) is 12.4. The van der Waals surface area contributed by atoms with E-state index in [1.807, 2.05) is 17.6 Å². The first-order chi connectivity index (χ1) is 8.83. The lowest BCUT2D eigenvalue weighted by molar-refractivity contribution is 0.642. The highest BCUT2D eigenvalue weighted by Crippen LogP contribution is 2.20. The van der Waals surface area contributed by atoms with Crippen molar-refractivity contribution in [2.24, 2.45) is 0 Å². The van der Waals surface area contributed by atoms with Crippen molar-refractivity contribution >= 4 is 28.1 Å². The number of aromatic nitrogens is 3. The quantitative estimate of drug-likeness (QED) is 0.865. The van der Waals surface area contributed by atoms with Crippen LogP contribution in [0.2, 0.25) is 0 Å². The molecular weight excluding hydrogens is 248 g/mol. The maximum Gasteiger partial charge on any atom is 0.185 e. The highest BCUT2D eigenvalue weighted by Gasteiger charge is 2.19. The van der Waals surface area contributed by atoms with E-state index >= 15 is 0 Å². The van der Waals surface area contributed by atoms with Crippen molar-refractivity contribution in [2.45, 2.75) is 0 Å². The molecule has 2 aromatic heterocycles. The van der Waals surface area contributed by atoms with Crippen molar-refractivity contribution in [1.29, 1.82) is 0 Å². The maximum absolute atomic E-state index is 5.54. The fraction of sp³-hybridized carbons (Fsp3) is 0.364. The molecule has 2 N–H and O–H groups in total. The number of nitrogens with zero attached hydrogens (tertiary/aromatic N) is 5. The molecule has 0 aliphatic carbocycles. The molecule has 1 saturated heterocycles. The molecule has 1 aliphatic heterocycles. The summed E-state index contributed by atoms with van der Waals surface area (Å²) in [5.74, 6) is 1.35. The Morgan fingerprint density at radius 3 is 2.44 bits per heavy atom. The summed E-state index contributed by atoms with van der Waals surface area (Å²) in [6.45, 7) is 3.77. The van der Waals surface area contributed by atoms with E-state index in [1.54, 1.807) is 17.4 Å². The predicted octanol–water partition coefficient (Wildman–Crippen LogP) is 0.842. The highest BCUT2D eigenvalue weighted by atomic mass is 32.1. The summed E-state index contributed by atoms with van der Waals surface area (Å²) in [4.78, 5) is 8.85. The van der Waals surface area contributed by atoms with Gasteiger partial charge in [-0.1, -0.05) is 0 Å². The van der Waals surface area contributed by atoms with Gasteiger partial charge in [-0.05, 0) is 12.1 Å². The van der Waals surface area contributed by atoms with Gasteiger partial charge in [-0.15, -0.1) is 21.5 Å². The Bertz CT molecular complexity index is 489. The minimum atomic E-state index is 0.458. The number of thiazole rings is 1. The van der Waals surface area contributed by atoms with Gasteiger partial charge in [0.25, 0.3) is 0 Å². The Balaban J connectivity index is 1.65. The van der Waals surface area contributed by atoms with E-state index < -0.39 is 0 Å². The van der Waals surface area contributed by atoms with Crippen molar-refractivity contribution < 1.29 is 0 Å². The van der Waals surface area contributed by atoms with Crippen LogP contribution >= 0.6 is 11.3 Å². The molecule has 6 nitrogen and oxygen atoms in total. The summed E-state index contributed by atoms with van der Waals surface area (Å²) in [7, 11) is 0. The normalized spacial score (nSPS) is 16.0. The number of hydrogen-bond donors (Lipinski definition) is 1. The van der Waals surface area contributed by atoms with Crippen LogP contribution < -0.4 is 15.5 Å². The van der Waals surface area contributed by atoms with Crippen LogP contribution in [0.4, 0.5) is 16.8 Å². The van der Waals surface area contributed by atoms with E-state index in [-0.39, 0.29) is 0 Å². The van der Waals surface area contributed by atoms with Crippen LogP contribution in [0.5, 0.6) is 0 Å². The average molecular weight is 262 g/mol. The third-order valence-electron chi connectivity index (χ3n) is 2.96. The maximum atomic E-state index is 5.54. The Labute approximate surface area is 109 Å². The third-order valence-corrected chi connectivity index (χ3v) is 3.80. The minimum absolute atomic E-state index is 0.458. The molecule has 0 radical (unpaired) electrons. The lowest BCUT2D eigenvalue weighted by atomic mass is 10.3. The zero-order valence-corrected chi connectivity index (χ0v) is 10.7. The molecule has 18 heavy (non-hydrogen) atoms. The molecule has 0 spiro atoms. The van der Waals surface area contributed by atoms with Gasteiger partial charge in [0.2, 0.25) is 0 Å². The first-order valence-corrected chi connectivity index (χ1v) is 6.69. The Morgan fingerprint density at radius 2 is 1.83 bits per heavy atom. The summed E-state index contributed by atoms with van der Waals surface area (Å²) >= 11 is 1.68. The third kappa shape index (κ3) is 2.21. The van der Waals surface area contributed by atoms with Gasteiger partial charge in [0.05, 0.1) is 0 Å². The van der Waals surface area contributed by atoms with E-state index in [0.29, 0.717) is 5.82 Å². The first kappa shape index (κ1) is 11.2. The number of anilines is 3. The van der Waals surface area contributed by atoms with Gasteiger partial charge in [0.1, 0.15) is 5.82 Å². The van der Waals surface area contributed by atoms with Crippen LogP contribution in [0.15, 0.2) is 23.7 Å². The Morgan fingerprint density at radius 1 is 1.06 bits per heavy atom. The molecule has 7 heteroatoms. The molecule has 2 aromatic rings. The lowest BCUT2D eigenvalue weighted by Crippen LogP contribution is -2.46. The largest absolute Gasteiger partial charge is 0.382 e. The monoisotopic (exact) mass is 262 g/mol. The number of piperazine rings is 1.